The Kier molecular flexibility index (Phi) is 6.39. The number of anilines is 4. The number of hydrogen-bond donors (Lipinski definition) is 2. The van der Waals surface area contributed by atoms with Crippen molar-refractivity contribution >= 4 is 23.1 Å². The van der Waals surface area contributed by atoms with Crippen LogP contribution < -0.4 is 15.4 Å². The lowest BCUT2D eigenvalue weighted by molar-refractivity contribution is -0.137. The molecule has 0 bridgehead atoms. The number of aromatic nitrogens is 2. The van der Waals surface area contributed by atoms with Gasteiger partial charge >= 0.3 is 6.18 Å². The van der Waals surface area contributed by atoms with Gasteiger partial charge < -0.3 is 15.4 Å². The summed E-state index contributed by atoms with van der Waals surface area (Å²) in [7, 11) is 0. The molecule has 0 spiro atoms. The summed E-state index contributed by atoms with van der Waals surface area (Å²) in [5.74, 6) is 0.103. The smallest absolute Gasteiger partial charge is 0.421 e. The molecule has 0 atom stereocenters. The van der Waals surface area contributed by atoms with Crippen molar-refractivity contribution in [3.63, 3.8) is 0 Å². The Hall–Kier alpha value is -3.36. The van der Waals surface area contributed by atoms with Crippen molar-refractivity contribution in [1.82, 2.24) is 9.97 Å². The summed E-state index contributed by atoms with van der Waals surface area (Å²) < 4.78 is 58.7. The van der Waals surface area contributed by atoms with Crippen LogP contribution in [0, 0.1) is 11.7 Å². The van der Waals surface area contributed by atoms with Crippen molar-refractivity contribution in [3.8, 4) is 5.75 Å². The van der Waals surface area contributed by atoms with Crippen LogP contribution in [0.2, 0.25) is 0 Å². The molecule has 0 aliphatic carbocycles. The average molecular weight is 420 g/mol. The number of alkyl halides is 3. The predicted octanol–water partition coefficient (Wildman–Crippen LogP) is 6.16. The highest BCUT2D eigenvalue weighted by atomic mass is 19.4. The van der Waals surface area contributed by atoms with Crippen molar-refractivity contribution in [2.24, 2.45) is 5.92 Å². The molecule has 30 heavy (non-hydrogen) atoms. The summed E-state index contributed by atoms with van der Waals surface area (Å²) in [6.07, 6.45) is -3.96. The van der Waals surface area contributed by atoms with Crippen LogP contribution in [0.25, 0.3) is 0 Å². The van der Waals surface area contributed by atoms with Gasteiger partial charge in [0.15, 0.2) is 0 Å². The van der Waals surface area contributed by atoms with Crippen LogP contribution in [0.3, 0.4) is 0 Å². The van der Waals surface area contributed by atoms with E-state index in [1.165, 1.54) is 12.1 Å². The van der Waals surface area contributed by atoms with Crippen LogP contribution in [0.1, 0.15) is 19.4 Å². The molecular formula is C21H20F4N4O. The molecule has 3 aromatic rings. The molecule has 0 saturated heterocycles. The third-order valence-electron chi connectivity index (χ3n) is 3.89. The number of halogens is 4. The summed E-state index contributed by atoms with van der Waals surface area (Å²) in [6.45, 7) is 4.65. The van der Waals surface area contributed by atoms with Crippen molar-refractivity contribution in [1.29, 1.82) is 0 Å². The quantitative estimate of drug-likeness (QED) is 0.449. The van der Waals surface area contributed by atoms with E-state index in [9.17, 15) is 17.6 Å². The second kappa shape index (κ2) is 8.98. The molecule has 0 saturated carbocycles. The van der Waals surface area contributed by atoms with Gasteiger partial charge in [-0.05, 0) is 54.4 Å². The number of benzene rings is 2. The van der Waals surface area contributed by atoms with Crippen LogP contribution in [0.4, 0.5) is 40.7 Å². The van der Waals surface area contributed by atoms with E-state index >= 15 is 0 Å². The van der Waals surface area contributed by atoms with Crippen molar-refractivity contribution in [2.75, 3.05) is 17.2 Å². The fourth-order valence-electron chi connectivity index (χ4n) is 2.44. The summed E-state index contributed by atoms with van der Waals surface area (Å²) >= 11 is 0. The number of rotatable bonds is 7. The van der Waals surface area contributed by atoms with Crippen molar-refractivity contribution in [3.05, 3.63) is 66.1 Å². The number of nitrogens with zero attached hydrogens (tertiary/aromatic N) is 2. The highest BCUT2D eigenvalue weighted by Crippen LogP contribution is 2.35. The van der Waals surface area contributed by atoms with E-state index in [1.807, 2.05) is 13.8 Å². The minimum atomic E-state index is -4.66. The van der Waals surface area contributed by atoms with Gasteiger partial charge in [0.25, 0.3) is 0 Å². The number of nitrogens with one attached hydrogen (secondary N) is 2. The summed E-state index contributed by atoms with van der Waals surface area (Å²) in [5, 5.41) is 5.44. The zero-order valence-corrected chi connectivity index (χ0v) is 16.3. The molecule has 1 aromatic heterocycles. The molecule has 0 amide bonds. The van der Waals surface area contributed by atoms with Gasteiger partial charge in [0.05, 0.1) is 6.61 Å². The van der Waals surface area contributed by atoms with Gasteiger partial charge in [-0.25, -0.2) is 9.37 Å². The zero-order chi connectivity index (χ0) is 21.7. The molecule has 2 N–H and O–H groups in total. The summed E-state index contributed by atoms with van der Waals surface area (Å²) in [6, 6.07) is 11.8. The fraction of sp³-hybridized carbons (Fsp3) is 0.238. The first-order valence-corrected chi connectivity index (χ1v) is 9.17. The molecule has 5 nitrogen and oxygen atoms in total. The first kappa shape index (κ1) is 21.4. The van der Waals surface area contributed by atoms with Gasteiger partial charge in [0, 0.05) is 17.6 Å². The van der Waals surface area contributed by atoms with Crippen molar-refractivity contribution in [2.45, 2.75) is 20.0 Å². The lowest BCUT2D eigenvalue weighted by atomic mass is 10.2. The van der Waals surface area contributed by atoms with Gasteiger partial charge in [-0.15, -0.1) is 0 Å². The number of ether oxygens (including phenoxy) is 1. The van der Waals surface area contributed by atoms with Crippen LogP contribution >= 0.6 is 0 Å². The monoisotopic (exact) mass is 420 g/mol. The summed E-state index contributed by atoms with van der Waals surface area (Å²) in [4.78, 5) is 7.72. The van der Waals surface area contributed by atoms with E-state index in [0.717, 1.165) is 12.1 Å². The standard InChI is InChI=1S/C21H20F4N4O/c1-13(2)12-30-17-9-7-16(8-10-17)28-20-26-11-18(21(23,24)25)19(29-20)27-15-5-3-14(22)4-6-15/h3-11,13H,12H2,1-2H3,(H2,26,27,28,29). The average Bonchev–Trinajstić information content (AvgIpc) is 2.68. The second-order valence-electron chi connectivity index (χ2n) is 6.94. The summed E-state index contributed by atoms with van der Waals surface area (Å²) in [5.41, 5.74) is -0.188. The van der Waals surface area contributed by atoms with Crippen molar-refractivity contribution < 1.29 is 22.3 Å². The maximum atomic E-state index is 13.3. The van der Waals surface area contributed by atoms with E-state index in [1.54, 1.807) is 24.3 Å². The lowest BCUT2D eigenvalue weighted by Gasteiger charge is -2.15. The molecule has 0 unspecified atom stereocenters. The maximum Gasteiger partial charge on any atom is 0.421 e. The second-order valence-corrected chi connectivity index (χ2v) is 6.94. The van der Waals surface area contributed by atoms with Gasteiger partial charge in [-0.3, -0.25) is 0 Å². The lowest BCUT2D eigenvalue weighted by Crippen LogP contribution is -2.12. The highest BCUT2D eigenvalue weighted by Gasteiger charge is 2.35. The van der Waals surface area contributed by atoms with E-state index in [0.29, 0.717) is 30.2 Å². The first-order valence-electron chi connectivity index (χ1n) is 9.17. The Bertz CT molecular complexity index is 974. The minimum absolute atomic E-state index is 0.0246. The Morgan fingerprint density at radius 1 is 0.933 bits per heavy atom. The van der Waals surface area contributed by atoms with Crippen LogP contribution in [-0.4, -0.2) is 16.6 Å². The molecule has 0 radical (unpaired) electrons. The van der Waals surface area contributed by atoms with E-state index in [2.05, 4.69) is 20.6 Å². The highest BCUT2D eigenvalue weighted by molar-refractivity contribution is 5.63. The normalized spacial score (nSPS) is 11.4. The Labute approximate surface area is 171 Å². The fourth-order valence-corrected chi connectivity index (χ4v) is 2.44. The van der Waals surface area contributed by atoms with Crippen LogP contribution in [-0.2, 0) is 6.18 Å². The van der Waals surface area contributed by atoms with Gasteiger partial charge in [0.2, 0.25) is 5.95 Å². The Balaban J connectivity index is 1.81. The molecule has 0 aliphatic heterocycles. The molecular weight excluding hydrogens is 400 g/mol. The zero-order valence-electron chi connectivity index (χ0n) is 16.3. The molecule has 1 heterocycles. The SMILES string of the molecule is CC(C)COc1ccc(Nc2ncc(C(F)(F)F)c(Nc3ccc(F)cc3)n2)cc1. The topological polar surface area (TPSA) is 59.1 Å². The van der Waals surface area contributed by atoms with Crippen LogP contribution in [0.5, 0.6) is 5.75 Å². The maximum absolute atomic E-state index is 13.3. The van der Waals surface area contributed by atoms with Gasteiger partial charge in [0.1, 0.15) is 22.9 Å². The Morgan fingerprint density at radius 2 is 1.53 bits per heavy atom. The number of hydrogen-bond acceptors (Lipinski definition) is 5. The van der Waals surface area contributed by atoms with E-state index in [4.69, 9.17) is 4.74 Å². The third kappa shape index (κ3) is 5.82. The molecule has 0 aliphatic rings. The molecule has 2 aromatic carbocycles. The first-order chi connectivity index (χ1) is 14.2. The minimum Gasteiger partial charge on any atom is -0.493 e. The molecule has 0 fully saturated rings. The van der Waals surface area contributed by atoms with Gasteiger partial charge in [-0.2, -0.15) is 18.2 Å². The van der Waals surface area contributed by atoms with Crippen LogP contribution in [0.15, 0.2) is 54.7 Å². The van der Waals surface area contributed by atoms with E-state index in [-0.39, 0.29) is 11.6 Å². The molecule has 3 rings (SSSR count). The Morgan fingerprint density at radius 3 is 2.13 bits per heavy atom. The molecule has 158 valence electrons. The predicted molar refractivity (Wildman–Crippen MR) is 107 cm³/mol. The van der Waals surface area contributed by atoms with E-state index < -0.39 is 23.4 Å². The third-order valence-corrected chi connectivity index (χ3v) is 3.89. The van der Waals surface area contributed by atoms with Gasteiger partial charge in [-0.1, -0.05) is 13.8 Å². The molecule has 9 heteroatoms. The largest absolute Gasteiger partial charge is 0.493 e.